The van der Waals surface area contributed by atoms with Gasteiger partial charge in [0.2, 0.25) is 0 Å². The number of anilines is 1. The summed E-state index contributed by atoms with van der Waals surface area (Å²) in [6.45, 7) is 0. The summed E-state index contributed by atoms with van der Waals surface area (Å²) >= 11 is 0. The maximum absolute atomic E-state index is 12.0. The first-order valence-electron chi connectivity index (χ1n) is 6.20. The number of cyclic esters (lactones) is 1. The Morgan fingerprint density at radius 3 is 2.68 bits per heavy atom. The van der Waals surface area contributed by atoms with Crippen molar-refractivity contribution in [3.05, 3.63) is 53.3 Å². The average Bonchev–Trinajstić information content (AvgIpc) is 2.94. The Hall–Kier alpha value is -2.23. The van der Waals surface area contributed by atoms with Crippen LogP contribution in [0.3, 0.4) is 0 Å². The van der Waals surface area contributed by atoms with E-state index in [-0.39, 0.29) is 12.1 Å². The third-order valence-electron chi connectivity index (χ3n) is 3.44. The number of fused-ring (bicyclic) bond motifs is 1. The molecule has 2 aromatic rings. The lowest BCUT2D eigenvalue weighted by atomic mass is 10.0. The zero-order valence-corrected chi connectivity index (χ0v) is 11.3. The minimum Gasteiger partial charge on any atom is -0.449 e. The van der Waals surface area contributed by atoms with Gasteiger partial charge in [-0.2, -0.15) is 0 Å². The quantitative estimate of drug-likeness (QED) is 0.774. The maximum Gasteiger partial charge on any atom is 0.339 e. The normalized spacial score (nSPS) is 17.2. The van der Waals surface area contributed by atoms with Gasteiger partial charge in [-0.15, -0.1) is 0 Å². The van der Waals surface area contributed by atoms with Crippen molar-refractivity contribution in [2.75, 3.05) is 19.0 Å². The van der Waals surface area contributed by atoms with Crippen LogP contribution < -0.4 is 4.90 Å². The standard InChI is InChI=1S/C15H16N2O2/c1-16(2)11-4-5-12-13(8-11)15(18)19-14(12)10-6-7-17(3)9-10/h4-9,14H,1-3H3. The average molecular weight is 256 g/mol. The fourth-order valence-electron chi connectivity index (χ4n) is 2.39. The molecule has 0 spiro atoms. The molecular formula is C15H16N2O2. The Bertz CT molecular complexity index is 643. The summed E-state index contributed by atoms with van der Waals surface area (Å²) < 4.78 is 7.45. The molecule has 4 heteroatoms. The third kappa shape index (κ3) is 1.89. The number of ether oxygens (including phenoxy) is 1. The maximum atomic E-state index is 12.0. The number of hydrogen-bond donors (Lipinski definition) is 0. The van der Waals surface area contributed by atoms with Crippen LogP contribution in [0, 0.1) is 0 Å². The molecule has 3 rings (SSSR count). The SMILES string of the molecule is CN(C)c1ccc2c(c1)C(=O)OC2c1ccn(C)c1. The van der Waals surface area contributed by atoms with E-state index in [1.165, 1.54) is 0 Å². The summed E-state index contributed by atoms with van der Waals surface area (Å²) in [6, 6.07) is 7.86. The summed E-state index contributed by atoms with van der Waals surface area (Å²) in [5.41, 5.74) is 3.62. The van der Waals surface area contributed by atoms with E-state index in [2.05, 4.69) is 0 Å². The molecule has 1 unspecified atom stereocenters. The van der Waals surface area contributed by atoms with Crippen LogP contribution >= 0.6 is 0 Å². The van der Waals surface area contributed by atoms with Gasteiger partial charge in [0.1, 0.15) is 0 Å². The van der Waals surface area contributed by atoms with Gasteiger partial charge >= 0.3 is 5.97 Å². The molecule has 0 amide bonds. The van der Waals surface area contributed by atoms with Crippen molar-refractivity contribution in [1.82, 2.24) is 4.57 Å². The highest BCUT2D eigenvalue weighted by Gasteiger charge is 2.32. The Morgan fingerprint density at radius 2 is 2.05 bits per heavy atom. The largest absolute Gasteiger partial charge is 0.449 e. The van der Waals surface area contributed by atoms with Crippen LogP contribution in [0.15, 0.2) is 36.7 Å². The Balaban J connectivity index is 2.05. The number of hydrogen-bond acceptors (Lipinski definition) is 3. The predicted molar refractivity (Wildman–Crippen MR) is 73.4 cm³/mol. The smallest absolute Gasteiger partial charge is 0.339 e. The van der Waals surface area contributed by atoms with E-state index in [1.807, 2.05) is 67.3 Å². The highest BCUT2D eigenvalue weighted by atomic mass is 16.5. The van der Waals surface area contributed by atoms with E-state index in [4.69, 9.17) is 4.74 Å². The molecule has 0 fully saturated rings. The number of nitrogens with zero attached hydrogens (tertiary/aromatic N) is 2. The fourth-order valence-corrected chi connectivity index (χ4v) is 2.39. The number of rotatable bonds is 2. The van der Waals surface area contributed by atoms with Crippen molar-refractivity contribution >= 4 is 11.7 Å². The second-order valence-corrected chi connectivity index (χ2v) is 5.06. The summed E-state index contributed by atoms with van der Waals surface area (Å²) in [7, 11) is 5.86. The molecular weight excluding hydrogens is 240 g/mol. The number of carbonyl (C=O) groups is 1. The monoisotopic (exact) mass is 256 g/mol. The summed E-state index contributed by atoms with van der Waals surface area (Å²) in [5.74, 6) is -0.243. The van der Waals surface area contributed by atoms with Crippen molar-refractivity contribution < 1.29 is 9.53 Å². The van der Waals surface area contributed by atoms with Crippen LogP contribution in [-0.2, 0) is 11.8 Å². The van der Waals surface area contributed by atoms with Gasteiger partial charge in [0.25, 0.3) is 0 Å². The van der Waals surface area contributed by atoms with Crippen LogP contribution in [0.5, 0.6) is 0 Å². The molecule has 1 atom stereocenters. The molecule has 98 valence electrons. The van der Waals surface area contributed by atoms with E-state index in [0.717, 1.165) is 16.8 Å². The zero-order valence-electron chi connectivity index (χ0n) is 11.3. The van der Waals surface area contributed by atoms with E-state index < -0.39 is 0 Å². The molecule has 2 heterocycles. The summed E-state index contributed by atoms with van der Waals surface area (Å²) in [4.78, 5) is 14.0. The zero-order chi connectivity index (χ0) is 13.6. The van der Waals surface area contributed by atoms with Crippen LogP contribution in [0.4, 0.5) is 5.69 Å². The van der Waals surface area contributed by atoms with E-state index in [0.29, 0.717) is 5.56 Å². The summed E-state index contributed by atoms with van der Waals surface area (Å²) in [5, 5.41) is 0. The van der Waals surface area contributed by atoms with Crippen LogP contribution in [0.25, 0.3) is 0 Å². The highest BCUT2D eigenvalue weighted by Crippen LogP contribution is 2.37. The van der Waals surface area contributed by atoms with Crippen molar-refractivity contribution in [2.24, 2.45) is 7.05 Å². The van der Waals surface area contributed by atoms with E-state index in [9.17, 15) is 4.79 Å². The molecule has 1 aromatic carbocycles. The summed E-state index contributed by atoms with van der Waals surface area (Å²) in [6.07, 6.45) is 3.65. The van der Waals surface area contributed by atoms with Gasteiger partial charge in [-0.3, -0.25) is 0 Å². The predicted octanol–water partition coefficient (Wildman–Crippen LogP) is 2.35. The Kier molecular flexibility index (Phi) is 2.59. The minimum absolute atomic E-state index is 0.243. The van der Waals surface area contributed by atoms with Crippen LogP contribution in [-0.4, -0.2) is 24.6 Å². The molecule has 0 N–H and O–H groups in total. The van der Waals surface area contributed by atoms with Gasteiger partial charge in [0, 0.05) is 50.4 Å². The third-order valence-corrected chi connectivity index (χ3v) is 3.44. The van der Waals surface area contributed by atoms with Gasteiger partial charge in [-0.25, -0.2) is 4.79 Å². The van der Waals surface area contributed by atoms with Gasteiger partial charge in [0.05, 0.1) is 5.56 Å². The molecule has 19 heavy (non-hydrogen) atoms. The van der Waals surface area contributed by atoms with Crippen molar-refractivity contribution in [3.63, 3.8) is 0 Å². The molecule has 0 saturated heterocycles. The molecule has 0 bridgehead atoms. The molecule has 4 nitrogen and oxygen atoms in total. The molecule has 0 saturated carbocycles. The topological polar surface area (TPSA) is 34.5 Å². The van der Waals surface area contributed by atoms with Crippen LogP contribution in [0.1, 0.15) is 27.6 Å². The first-order chi connectivity index (χ1) is 9.06. The van der Waals surface area contributed by atoms with E-state index in [1.54, 1.807) is 0 Å². The lowest BCUT2D eigenvalue weighted by molar-refractivity contribution is 0.0456. The Labute approximate surface area is 112 Å². The Morgan fingerprint density at radius 1 is 1.26 bits per heavy atom. The second-order valence-electron chi connectivity index (χ2n) is 5.06. The van der Waals surface area contributed by atoms with Crippen molar-refractivity contribution in [2.45, 2.75) is 6.10 Å². The highest BCUT2D eigenvalue weighted by molar-refractivity contribution is 5.95. The van der Waals surface area contributed by atoms with Crippen LogP contribution in [0.2, 0.25) is 0 Å². The van der Waals surface area contributed by atoms with Gasteiger partial charge in [0.15, 0.2) is 6.10 Å². The minimum atomic E-state index is -0.278. The van der Waals surface area contributed by atoms with Crippen molar-refractivity contribution in [1.29, 1.82) is 0 Å². The molecule has 0 radical (unpaired) electrons. The van der Waals surface area contributed by atoms with Gasteiger partial charge < -0.3 is 14.2 Å². The van der Waals surface area contributed by atoms with Gasteiger partial charge in [-0.05, 0) is 18.2 Å². The van der Waals surface area contributed by atoms with Crippen molar-refractivity contribution in [3.8, 4) is 0 Å². The number of aromatic nitrogens is 1. The lowest BCUT2D eigenvalue weighted by Gasteiger charge is -2.13. The second kappa shape index (κ2) is 4.16. The number of esters is 1. The first-order valence-corrected chi connectivity index (χ1v) is 6.20. The molecule has 0 aliphatic carbocycles. The lowest BCUT2D eigenvalue weighted by Crippen LogP contribution is -2.09. The van der Waals surface area contributed by atoms with E-state index >= 15 is 0 Å². The first kappa shape index (κ1) is 11.8. The number of carbonyl (C=O) groups excluding carboxylic acids is 1. The number of benzene rings is 1. The fraction of sp³-hybridized carbons (Fsp3) is 0.267. The number of aryl methyl sites for hydroxylation is 1. The molecule has 1 aliphatic rings. The van der Waals surface area contributed by atoms with Gasteiger partial charge in [-0.1, -0.05) is 6.07 Å². The molecule has 1 aromatic heterocycles. The molecule has 1 aliphatic heterocycles.